The maximum absolute atomic E-state index is 11.7. The number of nitrogens with zero attached hydrogens (tertiary/aromatic N) is 1. The van der Waals surface area contributed by atoms with Gasteiger partial charge in [-0.25, -0.2) is 0 Å². The van der Waals surface area contributed by atoms with Crippen molar-refractivity contribution in [3.05, 3.63) is 0 Å². The molecule has 0 radical (unpaired) electrons. The van der Waals surface area contributed by atoms with Crippen LogP contribution in [0.1, 0.15) is 45.4 Å². The van der Waals surface area contributed by atoms with Gasteiger partial charge in [0, 0.05) is 19.9 Å². The van der Waals surface area contributed by atoms with E-state index in [1.54, 1.807) is 7.05 Å². The minimum atomic E-state index is 0.0146. The van der Waals surface area contributed by atoms with E-state index in [2.05, 4.69) is 6.92 Å². The van der Waals surface area contributed by atoms with E-state index in [-0.39, 0.29) is 17.2 Å². The molecule has 1 aliphatic heterocycles. The van der Waals surface area contributed by atoms with Crippen molar-refractivity contribution in [2.24, 2.45) is 11.3 Å². The molecule has 1 heterocycles. The Morgan fingerprint density at radius 2 is 1.60 bits per heavy atom. The molecule has 2 rings (SSSR count). The molecule has 1 spiro atoms. The van der Waals surface area contributed by atoms with Crippen molar-refractivity contribution in [3.63, 3.8) is 0 Å². The molecule has 84 valence electrons. The Morgan fingerprint density at radius 1 is 1.13 bits per heavy atom. The lowest BCUT2D eigenvalue weighted by Gasteiger charge is -2.43. The highest BCUT2D eigenvalue weighted by atomic mass is 16.2. The molecule has 0 aromatic rings. The Hall–Kier alpha value is -0.860. The fraction of sp³-hybridized carbons (Fsp3) is 0.833. The van der Waals surface area contributed by atoms with Crippen LogP contribution in [0.5, 0.6) is 0 Å². The number of rotatable bonds is 0. The molecule has 2 aliphatic rings. The third-order valence-electron chi connectivity index (χ3n) is 4.14. The van der Waals surface area contributed by atoms with Crippen LogP contribution in [0.15, 0.2) is 0 Å². The third-order valence-corrected chi connectivity index (χ3v) is 4.14. The van der Waals surface area contributed by atoms with Crippen molar-refractivity contribution in [1.29, 1.82) is 0 Å². The summed E-state index contributed by atoms with van der Waals surface area (Å²) in [5, 5.41) is 0. The van der Waals surface area contributed by atoms with Crippen LogP contribution in [0, 0.1) is 11.3 Å². The summed E-state index contributed by atoms with van der Waals surface area (Å²) in [5.41, 5.74) is 0.0210. The van der Waals surface area contributed by atoms with E-state index in [0.29, 0.717) is 12.8 Å². The summed E-state index contributed by atoms with van der Waals surface area (Å²) in [6.07, 6.45) is 5.62. The second-order valence-electron chi connectivity index (χ2n) is 5.38. The number of hydrogen-bond donors (Lipinski definition) is 0. The van der Waals surface area contributed by atoms with Crippen LogP contribution in [0.4, 0.5) is 0 Å². The number of amides is 2. The van der Waals surface area contributed by atoms with Gasteiger partial charge < -0.3 is 0 Å². The Labute approximate surface area is 90.8 Å². The van der Waals surface area contributed by atoms with E-state index in [9.17, 15) is 9.59 Å². The lowest BCUT2D eigenvalue weighted by molar-refractivity contribution is -0.153. The van der Waals surface area contributed by atoms with Crippen molar-refractivity contribution < 1.29 is 9.59 Å². The summed E-state index contributed by atoms with van der Waals surface area (Å²) in [4.78, 5) is 24.6. The van der Waals surface area contributed by atoms with E-state index in [0.717, 1.165) is 18.8 Å². The Balaban J connectivity index is 2.10. The summed E-state index contributed by atoms with van der Waals surface area (Å²) in [6.45, 7) is 2.26. The second kappa shape index (κ2) is 3.62. The first-order valence-electron chi connectivity index (χ1n) is 5.82. The van der Waals surface area contributed by atoms with Gasteiger partial charge in [0.2, 0.25) is 11.8 Å². The number of imide groups is 1. The lowest BCUT2D eigenvalue weighted by Crippen LogP contribution is -2.47. The number of piperidine rings is 1. The smallest absolute Gasteiger partial charge is 0.229 e. The normalized spacial score (nSPS) is 27.5. The van der Waals surface area contributed by atoms with Crippen LogP contribution in [0.25, 0.3) is 0 Å². The van der Waals surface area contributed by atoms with Gasteiger partial charge in [-0.15, -0.1) is 0 Å². The van der Waals surface area contributed by atoms with E-state index >= 15 is 0 Å². The zero-order valence-corrected chi connectivity index (χ0v) is 9.58. The Morgan fingerprint density at radius 3 is 2.07 bits per heavy atom. The molecule has 3 heteroatoms. The van der Waals surface area contributed by atoms with E-state index in [1.165, 1.54) is 17.7 Å². The zero-order chi connectivity index (χ0) is 11.1. The largest absolute Gasteiger partial charge is 0.286 e. The highest BCUT2D eigenvalue weighted by Gasteiger charge is 2.43. The van der Waals surface area contributed by atoms with E-state index in [4.69, 9.17) is 0 Å². The van der Waals surface area contributed by atoms with Crippen LogP contribution in [0.3, 0.4) is 0 Å². The molecule has 1 saturated carbocycles. The van der Waals surface area contributed by atoms with Crippen molar-refractivity contribution in [3.8, 4) is 0 Å². The van der Waals surface area contributed by atoms with Crippen molar-refractivity contribution >= 4 is 11.8 Å². The highest BCUT2D eigenvalue weighted by molar-refractivity contribution is 5.98. The fourth-order valence-corrected chi connectivity index (χ4v) is 2.81. The van der Waals surface area contributed by atoms with Crippen LogP contribution >= 0.6 is 0 Å². The second-order valence-corrected chi connectivity index (χ2v) is 5.38. The molecule has 15 heavy (non-hydrogen) atoms. The van der Waals surface area contributed by atoms with Gasteiger partial charge in [-0.3, -0.25) is 14.5 Å². The van der Waals surface area contributed by atoms with Crippen LogP contribution in [-0.4, -0.2) is 23.8 Å². The van der Waals surface area contributed by atoms with Crippen molar-refractivity contribution in [2.75, 3.05) is 7.05 Å². The summed E-state index contributed by atoms with van der Waals surface area (Å²) >= 11 is 0. The monoisotopic (exact) mass is 209 g/mol. The van der Waals surface area contributed by atoms with E-state index < -0.39 is 0 Å². The number of carbonyl (C=O) groups excluding carboxylic acids is 2. The van der Waals surface area contributed by atoms with Gasteiger partial charge in [0.05, 0.1) is 0 Å². The molecule has 0 aromatic carbocycles. The molecule has 3 nitrogen and oxygen atoms in total. The number of hydrogen-bond acceptors (Lipinski definition) is 2. The maximum atomic E-state index is 11.7. The summed E-state index contributed by atoms with van der Waals surface area (Å²) in [7, 11) is 1.60. The summed E-state index contributed by atoms with van der Waals surface area (Å²) in [6, 6.07) is 0. The quantitative estimate of drug-likeness (QED) is 0.572. The SMILES string of the molecule is CC1CCC2(CC1)CC(=O)N(C)C(=O)C2. The van der Waals surface area contributed by atoms with E-state index in [1.807, 2.05) is 0 Å². The average molecular weight is 209 g/mol. The first kappa shape index (κ1) is 10.7. The molecule has 0 bridgehead atoms. The molecule has 0 N–H and O–H groups in total. The average Bonchev–Trinajstić information content (AvgIpc) is 2.20. The third kappa shape index (κ3) is 1.92. The Bertz CT molecular complexity index is 270. The summed E-state index contributed by atoms with van der Waals surface area (Å²) < 4.78 is 0. The van der Waals surface area contributed by atoms with Gasteiger partial charge in [-0.05, 0) is 24.2 Å². The molecular weight excluding hydrogens is 190 g/mol. The van der Waals surface area contributed by atoms with Crippen molar-refractivity contribution in [1.82, 2.24) is 4.90 Å². The molecule has 0 atom stereocenters. The molecule has 0 aromatic heterocycles. The predicted molar refractivity (Wildman–Crippen MR) is 57.1 cm³/mol. The Kier molecular flexibility index (Phi) is 2.57. The first-order chi connectivity index (χ1) is 7.02. The first-order valence-corrected chi connectivity index (χ1v) is 5.82. The lowest BCUT2D eigenvalue weighted by atomic mass is 9.65. The topological polar surface area (TPSA) is 37.4 Å². The fourth-order valence-electron chi connectivity index (χ4n) is 2.81. The minimum absolute atomic E-state index is 0.0146. The summed E-state index contributed by atoms with van der Waals surface area (Å²) in [5.74, 6) is 0.794. The minimum Gasteiger partial charge on any atom is -0.286 e. The predicted octanol–water partition coefficient (Wildman–Crippen LogP) is 1.96. The molecule has 1 aliphatic carbocycles. The van der Waals surface area contributed by atoms with Gasteiger partial charge in [0.15, 0.2) is 0 Å². The van der Waals surface area contributed by atoms with Gasteiger partial charge >= 0.3 is 0 Å². The van der Waals surface area contributed by atoms with Crippen LogP contribution in [-0.2, 0) is 9.59 Å². The number of carbonyl (C=O) groups is 2. The van der Waals surface area contributed by atoms with Crippen molar-refractivity contribution in [2.45, 2.75) is 45.4 Å². The van der Waals surface area contributed by atoms with Crippen LogP contribution < -0.4 is 0 Å². The molecular formula is C12H19NO2. The van der Waals surface area contributed by atoms with Gasteiger partial charge in [-0.2, -0.15) is 0 Å². The zero-order valence-electron chi connectivity index (χ0n) is 9.58. The standard InChI is InChI=1S/C12H19NO2/c1-9-3-5-12(6-4-9)7-10(14)13(2)11(15)8-12/h9H,3-8H2,1-2H3. The number of likely N-dealkylation sites (tertiary alicyclic amines) is 1. The van der Waals surface area contributed by atoms with Crippen LogP contribution in [0.2, 0.25) is 0 Å². The molecule has 2 amide bonds. The molecule has 1 saturated heterocycles. The molecule has 2 fully saturated rings. The highest BCUT2D eigenvalue weighted by Crippen LogP contribution is 2.46. The van der Waals surface area contributed by atoms with Gasteiger partial charge in [0.25, 0.3) is 0 Å². The van der Waals surface area contributed by atoms with Gasteiger partial charge in [-0.1, -0.05) is 19.8 Å². The van der Waals surface area contributed by atoms with Gasteiger partial charge in [0.1, 0.15) is 0 Å². The maximum Gasteiger partial charge on any atom is 0.229 e. The molecule has 0 unspecified atom stereocenters.